The van der Waals surface area contributed by atoms with Crippen molar-refractivity contribution in [3.63, 3.8) is 0 Å². The Morgan fingerprint density at radius 3 is 2.36 bits per heavy atom. The normalized spacial score (nSPS) is 30.7. The third kappa shape index (κ3) is 8.34. The van der Waals surface area contributed by atoms with Crippen molar-refractivity contribution in [2.45, 2.75) is 112 Å². The van der Waals surface area contributed by atoms with Crippen molar-refractivity contribution in [2.24, 2.45) is 10.8 Å². The molecule has 0 spiro atoms. The summed E-state index contributed by atoms with van der Waals surface area (Å²) in [5.74, 6) is 6.38. The van der Waals surface area contributed by atoms with Crippen LogP contribution in [0.25, 0.3) is 0 Å². The number of hydrogen-bond donors (Lipinski definition) is 1. The van der Waals surface area contributed by atoms with Gasteiger partial charge in [0.1, 0.15) is 18.0 Å². The Balaban J connectivity index is 1.37. The fourth-order valence-corrected chi connectivity index (χ4v) is 7.22. The standard InChI is InChI=1S/C39H48O6/c1-25(16-17-33-27(3)19-29(41)22-37(33,5)6)14-12-10-11-13-15-26(2)18-30-20-32(36(42)44-30)34-21-35-38(7,8)23-31(43-28(4)40)24-39(35,9)45-34/h10-15,18,20-21,29,31,34,41H,19,22-24H2,1-9H3/b12-10+,13-11+,25-14+,26-15+,30-18-/t29-,31+,34?,39-/m1/s1. The highest BCUT2D eigenvalue weighted by molar-refractivity contribution is 5.94. The van der Waals surface area contributed by atoms with Crippen LogP contribution >= 0.6 is 0 Å². The number of cyclic esters (lactones) is 1. The monoisotopic (exact) mass is 612 g/mol. The summed E-state index contributed by atoms with van der Waals surface area (Å²) in [6.07, 6.45) is 19.0. The molecule has 0 amide bonds. The smallest absolute Gasteiger partial charge is 0.342 e. The Morgan fingerprint density at radius 2 is 1.69 bits per heavy atom. The fourth-order valence-electron chi connectivity index (χ4n) is 7.22. The number of rotatable bonds is 6. The molecule has 0 aromatic carbocycles. The lowest BCUT2D eigenvalue weighted by molar-refractivity contribution is -0.154. The van der Waals surface area contributed by atoms with E-state index in [4.69, 9.17) is 14.2 Å². The summed E-state index contributed by atoms with van der Waals surface area (Å²) in [6, 6.07) is 0. The number of hydrogen-bond acceptors (Lipinski definition) is 6. The quantitative estimate of drug-likeness (QED) is 0.143. The molecule has 6 nitrogen and oxygen atoms in total. The fraction of sp³-hybridized carbons (Fsp3) is 0.487. The molecule has 1 saturated carbocycles. The summed E-state index contributed by atoms with van der Waals surface area (Å²) in [7, 11) is 0. The largest absolute Gasteiger partial charge is 0.462 e. The molecule has 0 radical (unpaired) electrons. The van der Waals surface area contributed by atoms with E-state index in [1.54, 1.807) is 6.08 Å². The number of carbonyl (C=O) groups is 2. The minimum atomic E-state index is -0.623. The second kappa shape index (κ2) is 13.4. The number of aliphatic hydroxyl groups excluding tert-OH is 1. The molecule has 4 aliphatic rings. The van der Waals surface area contributed by atoms with E-state index in [1.807, 2.05) is 69.4 Å². The maximum Gasteiger partial charge on any atom is 0.342 e. The molecule has 2 aliphatic carbocycles. The van der Waals surface area contributed by atoms with Crippen LogP contribution in [-0.4, -0.2) is 41.0 Å². The van der Waals surface area contributed by atoms with Gasteiger partial charge in [0.15, 0.2) is 0 Å². The van der Waals surface area contributed by atoms with Gasteiger partial charge in [-0.1, -0.05) is 81.6 Å². The molecule has 6 heteroatoms. The molecule has 240 valence electrons. The lowest BCUT2D eigenvalue weighted by Gasteiger charge is -2.45. The zero-order chi connectivity index (χ0) is 33.2. The highest BCUT2D eigenvalue weighted by atomic mass is 16.6. The molecule has 0 aromatic rings. The minimum Gasteiger partial charge on any atom is -0.462 e. The third-order valence-corrected chi connectivity index (χ3v) is 8.93. The second-order valence-electron chi connectivity index (χ2n) is 14.3. The predicted molar refractivity (Wildman–Crippen MR) is 177 cm³/mol. The highest BCUT2D eigenvalue weighted by Gasteiger charge is 2.53. The summed E-state index contributed by atoms with van der Waals surface area (Å²) in [4.78, 5) is 24.5. The van der Waals surface area contributed by atoms with E-state index < -0.39 is 17.7 Å². The SMILES string of the molecule is CC(=O)O[C@H]1CC(C)(C)C2=CC(C3=C/C(=C/C(C)=C/C=C/C=C/C=C(\C)C#CC4=C(C)C[C@@H](O)CC4(C)C)OC3=O)O[C@]2(C)C1. The summed E-state index contributed by atoms with van der Waals surface area (Å²) in [6.45, 7) is 18.0. The van der Waals surface area contributed by atoms with Crippen LogP contribution in [0.3, 0.4) is 0 Å². The zero-order valence-electron chi connectivity index (χ0n) is 28.2. The van der Waals surface area contributed by atoms with E-state index in [0.29, 0.717) is 30.6 Å². The van der Waals surface area contributed by atoms with Crippen LogP contribution < -0.4 is 0 Å². The van der Waals surface area contributed by atoms with Gasteiger partial charge in [0.2, 0.25) is 0 Å². The van der Waals surface area contributed by atoms with Crippen molar-refractivity contribution >= 4 is 11.9 Å². The molecule has 1 fully saturated rings. The first-order valence-corrected chi connectivity index (χ1v) is 15.8. The van der Waals surface area contributed by atoms with Crippen LogP contribution in [0, 0.1) is 22.7 Å². The highest BCUT2D eigenvalue weighted by Crippen LogP contribution is 2.53. The average molecular weight is 613 g/mol. The van der Waals surface area contributed by atoms with Crippen molar-refractivity contribution in [3.8, 4) is 11.8 Å². The first-order valence-electron chi connectivity index (χ1n) is 15.8. The van der Waals surface area contributed by atoms with E-state index in [9.17, 15) is 14.7 Å². The van der Waals surface area contributed by atoms with Crippen LogP contribution in [0.15, 0.2) is 93.9 Å². The molecule has 4 atom stereocenters. The number of allylic oxidation sites excluding steroid dienone is 11. The van der Waals surface area contributed by atoms with E-state index in [0.717, 1.165) is 28.7 Å². The molecular weight excluding hydrogens is 564 g/mol. The van der Waals surface area contributed by atoms with Gasteiger partial charge in [-0.05, 0) is 87.3 Å². The van der Waals surface area contributed by atoms with Gasteiger partial charge in [-0.2, -0.15) is 0 Å². The summed E-state index contributed by atoms with van der Waals surface area (Å²) < 4.78 is 17.6. The van der Waals surface area contributed by atoms with Crippen LogP contribution in [0.4, 0.5) is 0 Å². The first-order chi connectivity index (χ1) is 21.0. The molecule has 1 N–H and O–H groups in total. The lowest BCUT2D eigenvalue weighted by atomic mass is 9.65. The predicted octanol–water partition coefficient (Wildman–Crippen LogP) is 7.69. The maximum atomic E-state index is 12.8. The van der Waals surface area contributed by atoms with Gasteiger partial charge >= 0.3 is 11.9 Å². The second-order valence-corrected chi connectivity index (χ2v) is 14.3. The molecule has 45 heavy (non-hydrogen) atoms. The Morgan fingerprint density at radius 1 is 1.00 bits per heavy atom. The minimum absolute atomic E-state index is 0.116. The number of aliphatic hydroxyl groups is 1. The summed E-state index contributed by atoms with van der Waals surface area (Å²) in [5.41, 5.74) is 4.82. The van der Waals surface area contributed by atoms with Crippen molar-refractivity contribution in [2.75, 3.05) is 0 Å². The molecule has 1 unspecified atom stereocenters. The van der Waals surface area contributed by atoms with E-state index in [-0.39, 0.29) is 29.0 Å². The van der Waals surface area contributed by atoms with Crippen LogP contribution in [0.2, 0.25) is 0 Å². The molecule has 0 aromatic heterocycles. The zero-order valence-corrected chi connectivity index (χ0v) is 28.2. The molecule has 2 aliphatic heterocycles. The van der Waals surface area contributed by atoms with Gasteiger partial charge in [0.25, 0.3) is 0 Å². The average Bonchev–Trinajstić information content (AvgIpc) is 3.43. The van der Waals surface area contributed by atoms with E-state index >= 15 is 0 Å². The summed E-state index contributed by atoms with van der Waals surface area (Å²) in [5, 5.41) is 10.1. The van der Waals surface area contributed by atoms with Crippen molar-refractivity contribution in [1.82, 2.24) is 0 Å². The van der Waals surface area contributed by atoms with Gasteiger partial charge < -0.3 is 19.3 Å². The van der Waals surface area contributed by atoms with Gasteiger partial charge in [0.05, 0.1) is 17.3 Å². The first kappa shape index (κ1) is 34.2. The Bertz CT molecular complexity index is 1540. The van der Waals surface area contributed by atoms with E-state index in [2.05, 4.69) is 46.5 Å². The topological polar surface area (TPSA) is 82.1 Å². The van der Waals surface area contributed by atoms with Crippen molar-refractivity contribution in [3.05, 3.63) is 93.9 Å². The van der Waals surface area contributed by atoms with Gasteiger partial charge in [-0.25, -0.2) is 4.79 Å². The molecule has 2 heterocycles. The van der Waals surface area contributed by atoms with Crippen LogP contribution in [0.5, 0.6) is 0 Å². The molecule has 4 rings (SSSR count). The summed E-state index contributed by atoms with van der Waals surface area (Å²) >= 11 is 0. The number of fused-ring (bicyclic) bond motifs is 1. The number of esters is 2. The van der Waals surface area contributed by atoms with Gasteiger partial charge in [-0.3, -0.25) is 4.79 Å². The van der Waals surface area contributed by atoms with Gasteiger partial charge in [0, 0.05) is 24.3 Å². The Kier molecular flexibility index (Phi) is 10.2. The van der Waals surface area contributed by atoms with Crippen molar-refractivity contribution < 1.29 is 28.9 Å². The maximum absolute atomic E-state index is 12.8. The lowest BCUT2D eigenvalue weighted by Crippen LogP contribution is -2.46. The van der Waals surface area contributed by atoms with Gasteiger partial charge in [-0.15, -0.1) is 0 Å². The van der Waals surface area contributed by atoms with E-state index in [1.165, 1.54) is 12.5 Å². The number of carbonyl (C=O) groups excluding carboxylic acids is 2. The Hall–Kier alpha value is -3.66. The Labute approximate surface area is 269 Å². The third-order valence-electron chi connectivity index (χ3n) is 8.93. The van der Waals surface area contributed by atoms with Crippen LogP contribution in [-0.2, 0) is 23.8 Å². The molecular formula is C39H48O6. The molecule has 0 saturated heterocycles. The molecule has 0 bridgehead atoms. The van der Waals surface area contributed by atoms with Crippen molar-refractivity contribution in [1.29, 1.82) is 0 Å². The van der Waals surface area contributed by atoms with Crippen LogP contribution in [0.1, 0.15) is 88.0 Å². The number of ether oxygens (including phenoxy) is 3.